The summed E-state index contributed by atoms with van der Waals surface area (Å²) in [6, 6.07) is 1.33. The van der Waals surface area contributed by atoms with Gasteiger partial charge in [0.25, 0.3) is 5.91 Å². The minimum atomic E-state index is -1.12. The molecule has 0 aliphatic rings. The Bertz CT molecular complexity index is 716. The van der Waals surface area contributed by atoms with Crippen LogP contribution in [0.1, 0.15) is 41.6 Å². The Kier molecular flexibility index (Phi) is 4.16. The molecule has 0 aliphatic heterocycles. The van der Waals surface area contributed by atoms with Gasteiger partial charge in [-0.2, -0.15) is 5.10 Å². The van der Waals surface area contributed by atoms with Crippen molar-refractivity contribution < 1.29 is 18.7 Å². The van der Waals surface area contributed by atoms with Gasteiger partial charge in [-0.1, -0.05) is 0 Å². The van der Waals surface area contributed by atoms with E-state index in [1.807, 2.05) is 13.8 Å². The highest BCUT2D eigenvalue weighted by atomic mass is 19.1. The number of phenols is 1. The number of nitrogens with zero attached hydrogens (tertiary/aromatic N) is 2. The number of benzene rings is 1. The number of amides is 1. The number of rotatable bonds is 3. The summed E-state index contributed by atoms with van der Waals surface area (Å²) < 4.78 is 28.4. The topological polar surface area (TPSA) is 67.2 Å². The predicted molar refractivity (Wildman–Crippen MR) is 78.1 cm³/mol. The van der Waals surface area contributed by atoms with Crippen LogP contribution in [-0.4, -0.2) is 20.8 Å². The van der Waals surface area contributed by atoms with Crippen LogP contribution in [0, 0.1) is 25.5 Å². The molecule has 0 bridgehead atoms. The maximum Gasteiger partial charge on any atom is 0.262 e. The van der Waals surface area contributed by atoms with E-state index >= 15 is 0 Å². The SMILES string of the molecule is Cc1nn(C(C)C)c(C)c1NC(=O)c1c(O)cc(F)cc1F. The summed E-state index contributed by atoms with van der Waals surface area (Å²) in [5.41, 5.74) is 1.13. The molecule has 0 unspecified atom stereocenters. The second kappa shape index (κ2) is 5.75. The van der Waals surface area contributed by atoms with Crippen molar-refractivity contribution in [3.05, 3.63) is 40.7 Å². The first-order chi connectivity index (χ1) is 10.2. The lowest BCUT2D eigenvalue weighted by Gasteiger charge is -2.10. The fourth-order valence-electron chi connectivity index (χ4n) is 2.31. The monoisotopic (exact) mass is 309 g/mol. The Morgan fingerprint density at radius 3 is 2.45 bits per heavy atom. The Hall–Kier alpha value is -2.44. The van der Waals surface area contributed by atoms with Gasteiger partial charge in [-0.05, 0) is 27.7 Å². The highest BCUT2D eigenvalue weighted by Gasteiger charge is 2.22. The Labute approximate surface area is 126 Å². The molecule has 7 heteroatoms. The molecule has 1 aromatic heterocycles. The number of nitrogens with one attached hydrogen (secondary N) is 1. The number of anilines is 1. The number of aryl methyl sites for hydroxylation is 1. The van der Waals surface area contributed by atoms with Crippen LogP contribution < -0.4 is 5.32 Å². The van der Waals surface area contributed by atoms with Crippen molar-refractivity contribution in [1.82, 2.24) is 9.78 Å². The van der Waals surface area contributed by atoms with E-state index in [2.05, 4.69) is 10.4 Å². The Morgan fingerprint density at radius 1 is 1.32 bits per heavy atom. The van der Waals surface area contributed by atoms with E-state index in [9.17, 15) is 18.7 Å². The summed E-state index contributed by atoms with van der Waals surface area (Å²) in [5.74, 6) is -3.68. The molecule has 0 fully saturated rings. The molecule has 2 aromatic rings. The highest BCUT2D eigenvalue weighted by Crippen LogP contribution is 2.26. The Balaban J connectivity index is 2.38. The molecule has 2 rings (SSSR count). The molecule has 0 saturated carbocycles. The number of carbonyl (C=O) groups excluding carboxylic acids is 1. The van der Waals surface area contributed by atoms with Gasteiger partial charge in [0.2, 0.25) is 0 Å². The average molecular weight is 309 g/mol. The molecule has 22 heavy (non-hydrogen) atoms. The molecule has 0 saturated heterocycles. The van der Waals surface area contributed by atoms with Crippen molar-refractivity contribution in [2.24, 2.45) is 0 Å². The average Bonchev–Trinajstić information content (AvgIpc) is 2.65. The minimum absolute atomic E-state index is 0.0975. The van der Waals surface area contributed by atoms with Gasteiger partial charge in [-0.3, -0.25) is 9.48 Å². The van der Waals surface area contributed by atoms with Gasteiger partial charge in [0.15, 0.2) is 0 Å². The largest absolute Gasteiger partial charge is 0.507 e. The fraction of sp³-hybridized carbons (Fsp3) is 0.333. The molecule has 0 spiro atoms. The van der Waals surface area contributed by atoms with Gasteiger partial charge >= 0.3 is 0 Å². The smallest absolute Gasteiger partial charge is 0.262 e. The zero-order chi connectivity index (χ0) is 16.6. The number of aromatic hydroxyl groups is 1. The van der Waals surface area contributed by atoms with Gasteiger partial charge < -0.3 is 10.4 Å². The molecule has 1 heterocycles. The normalized spacial score (nSPS) is 11.0. The van der Waals surface area contributed by atoms with Crippen molar-refractivity contribution in [1.29, 1.82) is 0 Å². The Morgan fingerprint density at radius 2 is 1.95 bits per heavy atom. The summed E-state index contributed by atoms with van der Waals surface area (Å²) >= 11 is 0. The van der Waals surface area contributed by atoms with E-state index in [1.54, 1.807) is 18.5 Å². The lowest BCUT2D eigenvalue weighted by Crippen LogP contribution is -2.15. The van der Waals surface area contributed by atoms with Crippen LogP contribution in [0.5, 0.6) is 5.75 Å². The van der Waals surface area contributed by atoms with Crippen LogP contribution in [0.25, 0.3) is 0 Å². The fourth-order valence-corrected chi connectivity index (χ4v) is 2.31. The molecular weight excluding hydrogens is 292 g/mol. The van der Waals surface area contributed by atoms with Crippen LogP contribution in [0.4, 0.5) is 14.5 Å². The molecule has 1 aromatic carbocycles. The van der Waals surface area contributed by atoms with E-state index in [0.717, 1.165) is 0 Å². The van der Waals surface area contributed by atoms with E-state index in [-0.39, 0.29) is 6.04 Å². The van der Waals surface area contributed by atoms with Gasteiger partial charge in [-0.25, -0.2) is 8.78 Å². The van der Waals surface area contributed by atoms with E-state index < -0.39 is 28.9 Å². The second-order valence-corrected chi connectivity index (χ2v) is 5.32. The molecule has 2 N–H and O–H groups in total. The third kappa shape index (κ3) is 2.79. The summed E-state index contributed by atoms with van der Waals surface area (Å²) in [6.45, 7) is 7.37. The zero-order valence-electron chi connectivity index (χ0n) is 12.7. The standard InChI is InChI=1S/C15H17F2N3O2/c1-7(2)20-9(4)14(8(3)19-20)18-15(22)13-11(17)5-10(16)6-12(13)21/h5-7,21H,1-4H3,(H,18,22). The van der Waals surface area contributed by atoms with Crippen LogP contribution in [0.3, 0.4) is 0 Å². The van der Waals surface area contributed by atoms with Gasteiger partial charge in [0, 0.05) is 18.2 Å². The van der Waals surface area contributed by atoms with E-state index in [4.69, 9.17) is 0 Å². The van der Waals surface area contributed by atoms with Crippen molar-refractivity contribution in [3.63, 3.8) is 0 Å². The molecular formula is C15H17F2N3O2. The summed E-state index contributed by atoms with van der Waals surface area (Å²) in [7, 11) is 0. The number of aromatic nitrogens is 2. The first-order valence-corrected chi connectivity index (χ1v) is 6.77. The molecule has 0 atom stereocenters. The third-order valence-electron chi connectivity index (χ3n) is 3.31. The lowest BCUT2D eigenvalue weighted by atomic mass is 10.1. The first-order valence-electron chi connectivity index (χ1n) is 6.77. The molecule has 1 amide bonds. The molecule has 5 nitrogen and oxygen atoms in total. The minimum Gasteiger partial charge on any atom is -0.507 e. The summed E-state index contributed by atoms with van der Waals surface area (Å²) in [5, 5.41) is 16.4. The van der Waals surface area contributed by atoms with E-state index in [0.29, 0.717) is 29.2 Å². The molecule has 0 radical (unpaired) electrons. The number of phenolic OH excluding ortho intramolecular Hbond substituents is 1. The highest BCUT2D eigenvalue weighted by molar-refractivity contribution is 6.06. The summed E-state index contributed by atoms with van der Waals surface area (Å²) in [4.78, 5) is 12.2. The first kappa shape index (κ1) is 15.9. The number of hydrogen-bond donors (Lipinski definition) is 2. The van der Waals surface area contributed by atoms with Crippen molar-refractivity contribution in [3.8, 4) is 5.75 Å². The van der Waals surface area contributed by atoms with Crippen molar-refractivity contribution in [2.45, 2.75) is 33.7 Å². The second-order valence-electron chi connectivity index (χ2n) is 5.32. The quantitative estimate of drug-likeness (QED) is 0.914. The number of halogens is 2. The molecule has 0 aliphatic carbocycles. The van der Waals surface area contributed by atoms with Crippen LogP contribution in [-0.2, 0) is 0 Å². The van der Waals surface area contributed by atoms with Crippen molar-refractivity contribution in [2.75, 3.05) is 5.32 Å². The lowest BCUT2D eigenvalue weighted by molar-refractivity contribution is 0.102. The maximum absolute atomic E-state index is 13.7. The van der Waals surface area contributed by atoms with E-state index in [1.165, 1.54) is 0 Å². The van der Waals surface area contributed by atoms with Crippen LogP contribution >= 0.6 is 0 Å². The van der Waals surface area contributed by atoms with Gasteiger partial charge in [0.1, 0.15) is 22.9 Å². The number of hydrogen-bond acceptors (Lipinski definition) is 3. The van der Waals surface area contributed by atoms with Crippen LogP contribution in [0.15, 0.2) is 12.1 Å². The van der Waals surface area contributed by atoms with Crippen molar-refractivity contribution >= 4 is 11.6 Å². The number of carbonyl (C=O) groups is 1. The third-order valence-corrected chi connectivity index (χ3v) is 3.31. The summed E-state index contributed by atoms with van der Waals surface area (Å²) in [6.07, 6.45) is 0. The molecule has 118 valence electrons. The maximum atomic E-state index is 13.7. The van der Waals surface area contributed by atoms with Crippen LogP contribution in [0.2, 0.25) is 0 Å². The van der Waals surface area contributed by atoms with Gasteiger partial charge in [0.05, 0.1) is 17.1 Å². The zero-order valence-corrected chi connectivity index (χ0v) is 12.7. The van der Waals surface area contributed by atoms with Gasteiger partial charge in [-0.15, -0.1) is 0 Å². The predicted octanol–water partition coefficient (Wildman–Crippen LogP) is 3.32.